The number of hydrogen-bond acceptors (Lipinski definition) is 4. The van der Waals surface area contributed by atoms with Gasteiger partial charge in [-0.25, -0.2) is 0 Å². The molecule has 0 saturated carbocycles. The van der Waals surface area contributed by atoms with E-state index >= 15 is 0 Å². The zero-order valence-corrected chi connectivity index (χ0v) is 11.6. The van der Waals surface area contributed by atoms with E-state index in [4.69, 9.17) is 0 Å². The number of fused-ring (bicyclic) bond motifs is 1. The van der Waals surface area contributed by atoms with Crippen LogP contribution in [0.5, 0.6) is 0 Å². The summed E-state index contributed by atoms with van der Waals surface area (Å²) < 4.78 is 0. The standard InChI is InChI=1S/C15H24N4/c1-2-6-17-14(4-1)12-16-7-9-18-10-11-19-8-3-5-15(19)13-18/h1-2,4,6,15-16H,3,5,7-13H2. The van der Waals surface area contributed by atoms with E-state index in [0.29, 0.717) is 0 Å². The molecule has 2 saturated heterocycles. The first-order valence-corrected chi connectivity index (χ1v) is 7.49. The quantitative estimate of drug-likeness (QED) is 0.799. The highest BCUT2D eigenvalue weighted by atomic mass is 15.3. The maximum atomic E-state index is 4.32. The molecule has 2 aliphatic rings. The Bertz CT molecular complexity index is 381. The van der Waals surface area contributed by atoms with Gasteiger partial charge in [0.25, 0.3) is 0 Å². The molecule has 2 fully saturated rings. The molecule has 0 amide bonds. The summed E-state index contributed by atoms with van der Waals surface area (Å²) in [5.74, 6) is 0. The van der Waals surface area contributed by atoms with Crippen molar-refractivity contribution in [1.29, 1.82) is 0 Å². The molecule has 4 nitrogen and oxygen atoms in total. The molecule has 0 aliphatic carbocycles. The number of nitrogens with zero attached hydrogens (tertiary/aromatic N) is 3. The minimum absolute atomic E-state index is 0.838. The maximum absolute atomic E-state index is 4.32. The SMILES string of the molecule is c1ccc(CNCCN2CCN3CCCC3C2)nc1. The second-order valence-corrected chi connectivity index (χ2v) is 5.63. The zero-order valence-electron chi connectivity index (χ0n) is 11.6. The molecule has 104 valence electrons. The fraction of sp³-hybridized carbons (Fsp3) is 0.667. The van der Waals surface area contributed by atoms with Crippen LogP contribution in [0.3, 0.4) is 0 Å². The highest BCUT2D eigenvalue weighted by Gasteiger charge is 2.29. The van der Waals surface area contributed by atoms with Crippen molar-refractivity contribution in [3.63, 3.8) is 0 Å². The predicted molar refractivity (Wildman–Crippen MR) is 77.0 cm³/mol. The molecule has 0 aromatic carbocycles. The van der Waals surface area contributed by atoms with E-state index in [-0.39, 0.29) is 0 Å². The summed E-state index contributed by atoms with van der Waals surface area (Å²) in [4.78, 5) is 9.60. The van der Waals surface area contributed by atoms with Gasteiger partial charge in [0.05, 0.1) is 5.69 Å². The van der Waals surface area contributed by atoms with Gasteiger partial charge in [-0.05, 0) is 31.5 Å². The minimum atomic E-state index is 0.838. The normalized spacial score (nSPS) is 24.5. The summed E-state index contributed by atoms with van der Waals surface area (Å²) in [7, 11) is 0. The van der Waals surface area contributed by atoms with Gasteiger partial charge in [0.2, 0.25) is 0 Å². The Labute approximate surface area is 115 Å². The average Bonchev–Trinajstić information content (AvgIpc) is 2.92. The van der Waals surface area contributed by atoms with Crippen molar-refractivity contribution < 1.29 is 0 Å². The van der Waals surface area contributed by atoms with Gasteiger partial charge in [0.1, 0.15) is 0 Å². The summed E-state index contributed by atoms with van der Waals surface area (Å²) in [5.41, 5.74) is 1.13. The highest BCUT2D eigenvalue weighted by molar-refractivity contribution is 5.02. The van der Waals surface area contributed by atoms with Crippen LogP contribution in [-0.4, -0.2) is 60.1 Å². The van der Waals surface area contributed by atoms with Gasteiger partial charge in [-0.3, -0.25) is 14.8 Å². The number of hydrogen-bond donors (Lipinski definition) is 1. The van der Waals surface area contributed by atoms with E-state index in [1.165, 1.54) is 39.0 Å². The van der Waals surface area contributed by atoms with Crippen LogP contribution < -0.4 is 5.32 Å². The van der Waals surface area contributed by atoms with E-state index < -0.39 is 0 Å². The number of rotatable bonds is 5. The van der Waals surface area contributed by atoms with Crippen molar-refractivity contribution in [2.45, 2.75) is 25.4 Å². The lowest BCUT2D eigenvalue weighted by atomic mass is 10.1. The van der Waals surface area contributed by atoms with Crippen LogP contribution in [-0.2, 0) is 6.54 Å². The van der Waals surface area contributed by atoms with E-state index in [2.05, 4.69) is 26.2 Å². The summed E-state index contributed by atoms with van der Waals surface area (Å²) in [6, 6.07) is 6.92. The van der Waals surface area contributed by atoms with Gasteiger partial charge < -0.3 is 5.32 Å². The van der Waals surface area contributed by atoms with Crippen molar-refractivity contribution in [1.82, 2.24) is 20.1 Å². The third-order valence-corrected chi connectivity index (χ3v) is 4.31. The molecule has 1 unspecified atom stereocenters. The first-order valence-electron chi connectivity index (χ1n) is 7.49. The van der Waals surface area contributed by atoms with Gasteiger partial charge in [0.15, 0.2) is 0 Å². The lowest BCUT2D eigenvalue weighted by molar-refractivity contribution is 0.105. The lowest BCUT2D eigenvalue weighted by Gasteiger charge is -2.37. The molecule has 0 bridgehead atoms. The van der Waals surface area contributed by atoms with Crippen LogP contribution in [0, 0.1) is 0 Å². The molecule has 4 heteroatoms. The van der Waals surface area contributed by atoms with Gasteiger partial charge in [-0.1, -0.05) is 6.07 Å². The Balaban J connectivity index is 1.34. The molecule has 0 spiro atoms. The Kier molecular flexibility index (Phi) is 4.43. The van der Waals surface area contributed by atoms with Gasteiger partial charge in [0, 0.05) is 51.5 Å². The summed E-state index contributed by atoms with van der Waals surface area (Å²) in [5, 5.41) is 3.49. The summed E-state index contributed by atoms with van der Waals surface area (Å²) in [6.45, 7) is 8.21. The number of pyridine rings is 1. The fourth-order valence-electron chi connectivity index (χ4n) is 3.21. The van der Waals surface area contributed by atoms with Gasteiger partial charge >= 0.3 is 0 Å². The van der Waals surface area contributed by atoms with Gasteiger partial charge in [-0.15, -0.1) is 0 Å². The third-order valence-electron chi connectivity index (χ3n) is 4.31. The molecule has 3 rings (SSSR count). The molecule has 19 heavy (non-hydrogen) atoms. The number of piperazine rings is 1. The topological polar surface area (TPSA) is 31.4 Å². The molecular weight excluding hydrogens is 236 g/mol. The molecule has 1 atom stereocenters. The van der Waals surface area contributed by atoms with Crippen LogP contribution in [0.1, 0.15) is 18.5 Å². The molecular formula is C15H24N4. The van der Waals surface area contributed by atoms with Crippen LogP contribution in [0.4, 0.5) is 0 Å². The predicted octanol–water partition coefficient (Wildman–Crippen LogP) is 0.951. The van der Waals surface area contributed by atoms with E-state index in [0.717, 1.165) is 31.4 Å². The Morgan fingerprint density at radius 2 is 2.26 bits per heavy atom. The fourth-order valence-corrected chi connectivity index (χ4v) is 3.21. The zero-order chi connectivity index (χ0) is 12.9. The van der Waals surface area contributed by atoms with Crippen molar-refractivity contribution in [3.05, 3.63) is 30.1 Å². The van der Waals surface area contributed by atoms with Crippen molar-refractivity contribution in [3.8, 4) is 0 Å². The Hall–Kier alpha value is -0.970. The Morgan fingerprint density at radius 1 is 1.26 bits per heavy atom. The second-order valence-electron chi connectivity index (χ2n) is 5.63. The maximum Gasteiger partial charge on any atom is 0.0541 e. The third kappa shape index (κ3) is 3.53. The van der Waals surface area contributed by atoms with Crippen LogP contribution in [0.25, 0.3) is 0 Å². The first-order chi connectivity index (χ1) is 9.42. The molecule has 0 radical (unpaired) electrons. The minimum Gasteiger partial charge on any atom is -0.310 e. The molecule has 3 heterocycles. The average molecular weight is 260 g/mol. The number of nitrogens with one attached hydrogen (secondary N) is 1. The Morgan fingerprint density at radius 3 is 3.16 bits per heavy atom. The molecule has 1 N–H and O–H groups in total. The van der Waals surface area contributed by atoms with E-state index in [1.54, 1.807) is 0 Å². The molecule has 1 aromatic heterocycles. The van der Waals surface area contributed by atoms with Crippen LogP contribution in [0.2, 0.25) is 0 Å². The van der Waals surface area contributed by atoms with Crippen LogP contribution in [0.15, 0.2) is 24.4 Å². The van der Waals surface area contributed by atoms with Crippen LogP contribution >= 0.6 is 0 Å². The van der Waals surface area contributed by atoms with Gasteiger partial charge in [-0.2, -0.15) is 0 Å². The molecule has 1 aromatic rings. The monoisotopic (exact) mass is 260 g/mol. The smallest absolute Gasteiger partial charge is 0.0541 e. The first kappa shape index (κ1) is 13.0. The van der Waals surface area contributed by atoms with Crippen molar-refractivity contribution >= 4 is 0 Å². The summed E-state index contributed by atoms with van der Waals surface area (Å²) in [6.07, 6.45) is 4.66. The highest BCUT2D eigenvalue weighted by Crippen LogP contribution is 2.20. The van der Waals surface area contributed by atoms with E-state index in [9.17, 15) is 0 Å². The van der Waals surface area contributed by atoms with E-state index in [1.807, 2.05) is 18.3 Å². The number of aromatic nitrogens is 1. The largest absolute Gasteiger partial charge is 0.310 e. The summed E-state index contributed by atoms with van der Waals surface area (Å²) >= 11 is 0. The lowest BCUT2D eigenvalue weighted by Crippen LogP contribution is -2.51. The van der Waals surface area contributed by atoms with Crippen molar-refractivity contribution in [2.24, 2.45) is 0 Å². The van der Waals surface area contributed by atoms with Crippen molar-refractivity contribution in [2.75, 3.05) is 39.3 Å². The second kappa shape index (κ2) is 6.46. The molecule has 2 aliphatic heterocycles.